The molecule has 0 amide bonds. The number of methoxy groups -OCH3 is 1. The van der Waals surface area contributed by atoms with E-state index in [-0.39, 0.29) is 11.6 Å². The number of rotatable bonds is 4. The van der Waals surface area contributed by atoms with Gasteiger partial charge in [-0.1, -0.05) is 27.5 Å². The summed E-state index contributed by atoms with van der Waals surface area (Å²) in [5.41, 5.74) is 7.02. The monoisotopic (exact) mass is 360 g/mol. The molecule has 2 rings (SSSR count). The van der Waals surface area contributed by atoms with Crippen LogP contribution in [0.5, 0.6) is 0 Å². The van der Waals surface area contributed by atoms with Gasteiger partial charge >= 0.3 is 0 Å². The van der Waals surface area contributed by atoms with Crippen LogP contribution in [0.2, 0.25) is 5.02 Å². The third-order valence-corrected chi connectivity index (χ3v) is 5.00. The predicted molar refractivity (Wildman–Crippen MR) is 87.2 cm³/mol. The Morgan fingerprint density at radius 2 is 2.30 bits per heavy atom. The highest BCUT2D eigenvalue weighted by molar-refractivity contribution is 9.10. The molecule has 1 aliphatic heterocycles. The largest absolute Gasteiger partial charge is 0.377 e. The maximum Gasteiger partial charge on any atom is 0.0777 e. The second-order valence-electron chi connectivity index (χ2n) is 5.65. The molecule has 1 aliphatic rings. The van der Waals surface area contributed by atoms with Crippen molar-refractivity contribution in [1.29, 1.82) is 0 Å². The van der Waals surface area contributed by atoms with Crippen molar-refractivity contribution in [2.24, 2.45) is 5.73 Å². The van der Waals surface area contributed by atoms with Crippen LogP contribution in [-0.2, 0) is 4.74 Å². The van der Waals surface area contributed by atoms with Gasteiger partial charge in [-0.05, 0) is 50.1 Å². The van der Waals surface area contributed by atoms with E-state index in [1.165, 1.54) is 0 Å². The molecule has 2 N–H and O–H groups in total. The number of nitrogens with zero attached hydrogens (tertiary/aromatic N) is 1. The summed E-state index contributed by atoms with van der Waals surface area (Å²) in [6.45, 7) is 4.63. The molecule has 0 aliphatic carbocycles. The van der Waals surface area contributed by atoms with Crippen molar-refractivity contribution >= 4 is 27.5 Å². The van der Waals surface area contributed by atoms with E-state index in [0.29, 0.717) is 6.54 Å². The number of ether oxygens (including phenoxy) is 1. The topological polar surface area (TPSA) is 38.5 Å². The Hall–Kier alpha value is -0.130. The molecular weight excluding hydrogens is 340 g/mol. The number of likely N-dealkylation sites (tertiary alicyclic amines) is 1. The minimum Gasteiger partial charge on any atom is -0.377 e. The van der Waals surface area contributed by atoms with Crippen molar-refractivity contribution in [3.63, 3.8) is 0 Å². The molecule has 1 heterocycles. The highest BCUT2D eigenvalue weighted by Gasteiger charge is 2.34. The highest BCUT2D eigenvalue weighted by Crippen LogP contribution is 2.34. The minimum atomic E-state index is -0.0931. The van der Waals surface area contributed by atoms with E-state index in [1.54, 1.807) is 7.11 Å². The van der Waals surface area contributed by atoms with Gasteiger partial charge < -0.3 is 10.5 Å². The number of hydrogen-bond acceptors (Lipinski definition) is 3. The normalized spacial score (nSPS) is 25.6. The molecule has 1 fully saturated rings. The van der Waals surface area contributed by atoms with E-state index < -0.39 is 0 Å². The third-order valence-electron chi connectivity index (χ3n) is 4.16. The fourth-order valence-electron chi connectivity index (χ4n) is 2.92. The lowest BCUT2D eigenvalue weighted by molar-refractivity contribution is -0.0608. The van der Waals surface area contributed by atoms with Crippen molar-refractivity contribution in [3.05, 3.63) is 33.3 Å². The first-order valence-corrected chi connectivity index (χ1v) is 8.10. The second kappa shape index (κ2) is 6.75. The molecule has 0 radical (unpaired) electrons. The maximum atomic E-state index is 6.36. The summed E-state index contributed by atoms with van der Waals surface area (Å²) in [6.07, 6.45) is 2.20. The molecule has 3 nitrogen and oxygen atoms in total. The third kappa shape index (κ3) is 3.55. The zero-order valence-corrected chi connectivity index (χ0v) is 14.4. The van der Waals surface area contributed by atoms with E-state index in [2.05, 4.69) is 33.8 Å². The molecule has 2 atom stereocenters. The SMILES string of the molecule is COC1(C)CCCN(C(CN)c2cc(Br)ccc2Cl)C1. The lowest BCUT2D eigenvalue weighted by Gasteiger charge is -2.43. The average Bonchev–Trinajstić information content (AvgIpc) is 2.44. The van der Waals surface area contributed by atoms with Gasteiger partial charge in [0.25, 0.3) is 0 Å². The van der Waals surface area contributed by atoms with Crippen LogP contribution in [0.15, 0.2) is 22.7 Å². The molecule has 5 heteroatoms. The summed E-state index contributed by atoms with van der Waals surface area (Å²) in [5.74, 6) is 0. The molecule has 1 saturated heterocycles. The molecule has 1 aromatic rings. The van der Waals surface area contributed by atoms with Crippen LogP contribution in [0, 0.1) is 0 Å². The minimum absolute atomic E-state index is 0.0931. The van der Waals surface area contributed by atoms with E-state index in [1.807, 2.05) is 12.1 Å². The van der Waals surface area contributed by atoms with Gasteiger partial charge in [0, 0.05) is 35.7 Å². The fourth-order valence-corrected chi connectivity index (χ4v) is 3.54. The molecule has 1 aromatic carbocycles. The molecule has 0 spiro atoms. The maximum absolute atomic E-state index is 6.36. The van der Waals surface area contributed by atoms with Gasteiger partial charge in [-0.25, -0.2) is 0 Å². The van der Waals surface area contributed by atoms with Gasteiger partial charge in [0.1, 0.15) is 0 Å². The van der Waals surface area contributed by atoms with Crippen LogP contribution in [0.3, 0.4) is 0 Å². The van der Waals surface area contributed by atoms with Crippen LogP contribution < -0.4 is 5.73 Å². The van der Waals surface area contributed by atoms with Gasteiger partial charge in [0.05, 0.1) is 5.60 Å². The number of hydrogen-bond donors (Lipinski definition) is 1. The Bertz CT molecular complexity index is 471. The van der Waals surface area contributed by atoms with Gasteiger partial charge in [-0.3, -0.25) is 4.90 Å². The fraction of sp³-hybridized carbons (Fsp3) is 0.600. The lowest BCUT2D eigenvalue weighted by atomic mass is 9.92. The van der Waals surface area contributed by atoms with Crippen LogP contribution in [-0.4, -0.2) is 37.2 Å². The Morgan fingerprint density at radius 3 is 2.95 bits per heavy atom. The molecule has 2 unspecified atom stereocenters. The predicted octanol–water partition coefficient (Wildman–Crippen LogP) is 3.60. The second-order valence-corrected chi connectivity index (χ2v) is 6.97. The van der Waals surface area contributed by atoms with E-state index in [9.17, 15) is 0 Å². The Labute approximate surface area is 134 Å². The smallest absolute Gasteiger partial charge is 0.0777 e. The molecule has 112 valence electrons. The van der Waals surface area contributed by atoms with E-state index >= 15 is 0 Å². The molecule has 0 bridgehead atoms. The summed E-state index contributed by atoms with van der Waals surface area (Å²) in [6, 6.07) is 6.08. The van der Waals surface area contributed by atoms with Crippen LogP contribution in [0.25, 0.3) is 0 Å². The summed E-state index contributed by atoms with van der Waals surface area (Å²) in [4.78, 5) is 2.39. The van der Waals surface area contributed by atoms with Gasteiger partial charge in [-0.2, -0.15) is 0 Å². The average molecular weight is 362 g/mol. The molecule has 0 saturated carbocycles. The summed E-state index contributed by atoms with van der Waals surface area (Å²) < 4.78 is 6.70. The zero-order chi connectivity index (χ0) is 14.8. The van der Waals surface area contributed by atoms with Gasteiger partial charge in [0.15, 0.2) is 0 Å². The molecule has 20 heavy (non-hydrogen) atoms. The molecular formula is C15H22BrClN2O. The van der Waals surface area contributed by atoms with Crippen molar-refractivity contribution < 1.29 is 4.74 Å². The van der Waals surface area contributed by atoms with Crippen molar-refractivity contribution in [1.82, 2.24) is 4.90 Å². The van der Waals surface area contributed by atoms with Crippen LogP contribution in [0.4, 0.5) is 0 Å². The van der Waals surface area contributed by atoms with Gasteiger partial charge in [-0.15, -0.1) is 0 Å². The first kappa shape index (κ1) is 16.2. The summed E-state index contributed by atoms with van der Waals surface area (Å²) in [5, 5.41) is 0.772. The number of benzene rings is 1. The Morgan fingerprint density at radius 1 is 1.55 bits per heavy atom. The lowest BCUT2D eigenvalue weighted by Crippen LogP contribution is -2.49. The first-order valence-electron chi connectivity index (χ1n) is 6.93. The summed E-state index contributed by atoms with van der Waals surface area (Å²) in [7, 11) is 1.78. The Kier molecular flexibility index (Phi) is 5.49. The summed E-state index contributed by atoms with van der Waals surface area (Å²) >= 11 is 9.87. The van der Waals surface area contributed by atoms with Gasteiger partial charge in [0.2, 0.25) is 0 Å². The quantitative estimate of drug-likeness (QED) is 0.890. The standard InChI is InChI=1S/C15H22BrClN2O/c1-15(20-2)6-3-7-19(10-15)14(9-18)12-8-11(16)4-5-13(12)17/h4-5,8,14H,3,6-7,9-10,18H2,1-2H3. The van der Waals surface area contributed by atoms with Crippen molar-refractivity contribution in [2.45, 2.75) is 31.4 Å². The highest BCUT2D eigenvalue weighted by atomic mass is 79.9. The number of piperidine rings is 1. The van der Waals surface area contributed by atoms with Crippen molar-refractivity contribution in [3.8, 4) is 0 Å². The Balaban J connectivity index is 2.25. The number of halogens is 2. The molecule has 0 aromatic heterocycles. The first-order chi connectivity index (χ1) is 9.49. The van der Waals surface area contributed by atoms with E-state index in [4.69, 9.17) is 22.1 Å². The number of nitrogens with two attached hydrogens (primary N) is 1. The van der Waals surface area contributed by atoms with E-state index in [0.717, 1.165) is 41.0 Å². The zero-order valence-electron chi connectivity index (χ0n) is 12.0. The van der Waals surface area contributed by atoms with Crippen LogP contribution in [0.1, 0.15) is 31.4 Å². The van der Waals surface area contributed by atoms with Crippen molar-refractivity contribution in [2.75, 3.05) is 26.7 Å². The van der Waals surface area contributed by atoms with Crippen LogP contribution >= 0.6 is 27.5 Å².